The van der Waals surface area contributed by atoms with Crippen molar-refractivity contribution >= 4 is 34.6 Å². The van der Waals surface area contributed by atoms with Crippen LogP contribution in [-0.2, 0) is 17.8 Å². The molecule has 0 saturated carbocycles. The van der Waals surface area contributed by atoms with Gasteiger partial charge in [-0.1, -0.05) is 12.1 Å². The molecular weight excluding hydrogens is 358 g/mol. The van der Waals surface area contributed by atoms with Gasteiger partial charge in [0.1, 0.15) is 0 Å². The minimum atomic E-state index is -0.0798. The summed E-state index contributed by atoms with van der Waals surface area (Å²) >= 11 is 6.87. The molecule has 0 saturated heterocycles. The number of hydrogen-bond acceptors (Lipinski definition) is 5. The van der Waals surface area contributed by atoms with Crippen LogP contribution in [0, 0.1) is 0 Å². The van der Waals surface area contributed by atoms with Crippen LogP contribution in [0.3, 0.4) is 0 Å². The Morgan fingerprint density at radius 2 is 2.08 bits per heavy atom. The Morgan fingerprint density at radius 1 is 1.20 bits per heavy atom. The Hall–Kier alpha value is -2.32. The van der Waals surface area contributed by atoms with E-state index in [1.165, 1.54) is 4.88 Å². The number of carbonyl (C=O) groups is 1. The van der Waals surface area contributed by atoms with Crippen LogP contribution < -0.4 is 25.6 Å². The van der Waals surface area contributed by atoms with Gasteiger partial charge in [-0.25, -0.2) is 0 Å². The van der Waals surface area contributed by atoms with Gasteiger partial charge in [-0.3, -0.25) is 15.6 Å². The minimum absolute atomic E-state index is 0.0798. The third-order valence-corrected chi connectivity index (χ3v) is 4.80. The Balaban J connectivity index is 1.31. The molecule has 0 unspecified atom stereocenters. The first-order valence-corrected chi connectivity index (χ1v) is 9.23. The van der Waals surface area contributed by atoms with E-state index in [4.69, 9.17) is 21.7 Å². The summed E-state index contributed by atoms with van der Waals surface area (Å²) in [5, 5.41) is 5.44. The lowest BCUT2D eigenvalue weighted by atomic mass is 10.2. The number of rotatable bonds is 6. The molecule has 6 nitrogen and oxygen atoms in total. The van der Waals surface area contributed by atoms with Gasteiger partial charge in [0.05, 0.1) is 0 Å². The molecule has 1 amide bonds. The fourth-order valence-corrected chi connectivity index (χ4v) is 3.22. The fourth-order valence-electron chi connectivity index (χ4n) is 2.34. The summed E-state index contributed by atoms with van der Waals surface area (Å²) in [6, 6.07) is 9.81. The number of benzene rings is 1. The van der Waals surface area contributed by atoms with E-state index in [9.17, 15) is 4.79 Å². The van der Waals surface area contributed by atoms with Crippen LogP contribution in [0.15, 0.2) is 35.7 Å². The first-order valence-electron chi connectivity index (χ1n) is 7.94. The second-order valence-corrected chi connectivity index (χ2v) is 6.92. The molecule has 132 valence electrons. The molecule has 0 fully saturated rings. The van der Waals surface area contributed by atoms with E-state index >= 15 is 0 Å². The molecule has 3 rings (SSSR count). The Morgan fingerprint density at radius 3 is 2.92 bits per heavy atom. The second kappa shape index (κ2) is 8.68. The number of ether oxygens (including phenoxy) is 2. The topological polar surface area (TPSA) is 71.6 Å². The highest BCUT2D eigenvalue weighted by molar-refractivity contribution is 7.80. The van der Waals surface area contributed by atoms with Crippen molar-refractivity contribution in [3.63, 3.8) is 0 Å². The van der Waals surface area contributed by atoms with Crippen molar-refractivity contribution in [1.29, 1.82) is 0 Å². The molecule has 2 heterocycles. The lowest BCUT2D eigenvalue weighted by Gasteiger charge is -2.12. The van der Waals surface area contributed by atoms with Gasteiger partial charge in [0.25, 0.3) is 0 Å². The van der Waals surface area contributed by atoms with E-state index < -0.39 is 0 Å². The Bertz CT molecular complexity index is 735. The molecule has 1 aliphatic rings. The zero-order chi connectivity index (χ0) is 17.5. The number of carbonyl (C=O) groups excluding carboxylic acids is 1. The van der Waals surface area contributed by atoms with E-state index in [2.05, 4.69) is 22.2 Å². The maximum atomic E-state index is 11.8. The van der Waals surface area contributed by atoms with Crippen LogP contribution in [0.5, 0.6) is 11.5 Å². The van der Waals surface area contributed by atoms with Crippen LogP contribution in [0.4, 0.5) is 0 Å². The maximum Gasteiger partial charge on any atom is 0.238 e. The standard InChI is InChI=1S/C17H19N3O3S2/c21-16(5-1-3-13-4-2-8-25-13)19-20-17(24)18-10-12-6-7-14-15(9-12)23-11-22-14/h2,4,6-9H,1,3,5,10-11H2,(H,19,21)(H2,18,20,24). The van der Waals surface area contributed by atoms with Crippen molar-refractivity contribution < 1.29 is 14.3 Å². The van der Waals surface area contributed by atoms with Crippen LogP contribution in [0.25, 0.3) is 0 Å². The van der Waals surface area contributed by atoms with Crippen molar-refractivity contribution in [3.05, 3.63) is 46.2 Å². The second-order valence-electron chi connectivity index (χ2n) is 5.48. The third kappa shape index (κ3) is 5.33. The van der Waals surface area contributed by atoms with E-state index in [1.54, 1.807) is 11.3 Å². The van der Waals surface area contributed by atoms with Gasteiger partial charge < -0.3 is 14.8 Å². The lowest BCUT2D eigenvalue weighted by Crippen LogP contribution is -2.46. The van der Waals surface area contributed by atoms with E-state index in [0.29, 0.717) is 18.1 Å². The third-order valence-electron chi connectivity index (χ3n) is 3.61. The molecular formula is C17H19N3O3S2. The average Bonchev–Trinajstić information content (AvgIpc) is 3.29. The van der Waals surface area contributed by atoms with Gasteiger partial charge in [0.15, 0.2) is 16.6 Å². The maximum absolute atomic E-state index is 11.8. The summed E-state index contributed by atoms with van der Waals surface area (Å²) in [5.74, 6) is 1.40. The predicted octanol–water partition coefficient (Wildman–Crippen LogP) is 2.50. The number of nitrogens with one attached hydrogen (secondary N) is 3. The highest BCUT2D eigenvalue weighted by Gasteiger charge is 2.13. The Labute approximate surface area is 155 Å². The molecule has 8 heteroatoms. The lowest BCUT2D eigenvalue weighted by molar-refractivity contribution is -0.121. The molecule has 0 spiro atoms. The zero-order valence-electron chi connectivity index (χ0n) is 13.5. The monoisotopic (exact) mass is 377 g/mol. The van der Waals surface area contributed by atoms with Crippen molar-refractivity contribution in [1.82, 2.24) is 16.2 Å². The average molecular weight is 377 g/mol. The largest absolute Gasteiger partial charge is 0.454 e. The predicted molar refractivity (Wildman–Crippen MR) is 101 cm³/mol. The van der Waals surface area contributed by atoms with Gasteiger partial charge in [0, 0.05) is 17.8 Å². The number of thiophene rings is 1. The highest BCUT2D eigenvalue weighted by Crippen LogP contribution is 2.32. The van der Waals surface area contributed by atoms with Crippen molar-refractivity contribution in [2.75, 3.05) is 6.79 Å². The molecule has 0 aliphatic carbocycles. The summed E-state index contributed by atoms with van der Waals surface area (Å²) in [4.78, 5) is 13.1. The molecule has 0 bridgehead atoms. The zero-order valence-corrected chi connectivity index (χ0v) is 15.2. The fraction of sp³-hybridized carbons (Fsp3) is 0.294. The first kappa shape index (κ1) is 17.5. The van der Waals surface area contributed by atoms with E-state index in [0.717, 1.165) is 29.9 Å². The molecule has 2 aromatic rings. The van der Waals surface area contributed by atoms with Gasteiger partial charge in [-0.2, -0.15) is 0 Å². The number of thiocarbonyl (C=S) groups is 1. The quantitative estimate of drug-likeness (QED) is 0.531. The van der Waals surface area contributed by atoms with Crippen LogP contribution in [0.1, 0.15) is 23.3 Å². The number of amides is 1. The van der Waals surface area contributed by atoms with Crippen LogP contribution in [0.2, 0.25) is 0 Å². The molecule has 1 aromatic carbocycles. The number of fused-ring (bicyclic) bond motifs is 1. The van der Waals surface area contributed by atoms with Crippen LogP contribution in [-0.4, -0.2) is 17.8 Å². The van der Waals surface area contributed by atoms with Gasteiger partial charge >= 0.3 is 0 Å². The molecule has 1 aliphatic heterocycles. The summed E-state index contributed by atoms with van der Waals surface area (Å²) in [7, 11) is 0. The molecule has 25 heavy (non-hydrogen) atoms. The highest BCUT2D eigenvalue weighted by atomic mass is 32.1. The first-order chi connectivity index (χ1) is 12.2. The molecule has 0 radical (unpaired) electrons. The van der Waals surface area contributed by atoms with Gasteiger partial charge in [-0.05, 0) is 54.2 Å². The van der Waals surface area contributed by atoms with Crippen LogP contribution >= 0.6 is 23.6 Å². The molecule has 0 atom stereocenters. The number of hydrazine groups is 1. The van der Waals surface area contributed by atoms with Crippen molar-refractivity contribution in [3.8, 4) is 11.5 Å². The summed E-state index contributed by atoms with van der Waals surface area (Å²) in [6.07, 6.45) is 2.18. The number of aryl methyl sites for hydroxylation is 1. The summed E-state index contributed by atoms with van der Waals surface area (Å²) in [5.41, 5.74) is 6.33. The SMILES string of the molecule is O=C(CCCc1cccs1)NNC(=S)NCc1ccc2c(c1)OCO2. The van der Waals surface area contributed by atoms with Gasteiger partial charge in [-0.15, -0.1) is 11.3 Å². The smallest absolute Gasteiger partial charge is 0.238 e. The normalized spacial score (nSPS) is 11.8. The van der Waals surface area contributed by atoms with E-state index in [-0.39, 0.29) is 12.7 Å². The summed E-state index contributed by atoms with van der Waals surface area (Å²) < 4.78 is 10.6. The van der Waals surface area contributed by atoms with Crippen molar-refractivity contribution in [2.24, 2.45) is 0 Å². The number of hydrogen-bond donors (Lipinski definition) is 3. The van der Waals surface area contributed by atoms with Gasteiger partial charge in [0.2, 0.25) is 12.7 Å². The van der Waals surface area contributed by atoms with E-state index in [1.807, 2.05) is 29.6 Å². The Kier molecular flexibility index (Phi) is 6.08. The molecule has 1 aromatic heterocycles. The molecule has 3 N–H and O–H groups in total. The van der Waals surface area contributed by atoms with Crippen molar-refractivity contribution in [2.45, 2.75) is 25.8 Å². The summed E-state index contributed by atoms with van der Waals surface area (Å²) in [6.45, 7) is 0.779. The minimum Gasteiger partial charge on any atom is -0.454 e.